The van der Waals surface area contributed by atoms with Crippen LogP contribution in [0.1, 0.15) is 31.9 Å². The smallest absolute Gasteiger partial charge is 0.333 e. The van der Waals surface area contributed by atoms with E-state index < -0.39 is 11.6 Å². The molecule has 0 aromatic heterocycles. The maximum atomic E-state index is 12.6. The lowest BCUT2D eigenvalue weighted by Crippen LogP contribution is -2.35. The summed E-state index contributed by atoms with van der Waals surface area (Å²) in [5, 5.41) is 3.22. The number of rotatable bonds is 6. The molecule has 4 nitrogen and oxygen atoms in total. The first kappa shape index (κ1) is 19.6. The molecule has 1 atom stereocenters. The van der Waals surface area contributed by atoms with Gasteiger partial charge in [0.2, 0.25) is 0 Å². The van der Waals surface area contributed by atoms with Gasteiger partial charge >= 0.3 is 5.97 Å². The largest absolute Gasteiger partial charge is 0.497 e. The number of methoxy groups -OCH3 is 1. The van der Waals surface area contributed by atoms with Crippen molar-refractivity contribution < 1.29 is 14.3 Å². The number of hydrogen-bond acceptors (Lipinski definition) is 4. The molecule has 0 saturated carbocycles. The predicted octanol–water partition coefficient (Wildman–Crippen LogP) is 4.84. The van der Waals surface area contributed by atoms with Crippen LogP contribution in [-0.2, 0) is 9.53 Å². The van der Waals surface area contributed by atoms with Gasteiger partial charge in [0.25, 0.3) is 0 Å². The second-order valence-electron chi connectivity index (χ2n) is 7.15. The molecule has 0 bridgehead atoms. The third-order valence-corrected chi connectivity index (χ3v) is 3.63. The van der Waals surface area contributed by atoms with Crippen LogP contribution in [0.2, 0.25) is 0 Å². The van der Waals surface area contributed by atoms with Crippen molar-refractivity contribution in [3.05, 3.63) is 65.7 Å². The summed E-state index contributed by atoms with van der Waals surface area (Å²) in [6.07, 6.45) is 3.74. The minimum absolute atomic E-state index is 0.323. The van der Waals surface area contributed by atoms with Gasteiger partial charge in [-0.15, -0.1) is 0 Å². The van der Waals surface area contributed by atoms with Crippen LogP contribution in [0.4, 0.5) is 5.69 Å². The Morgan fingerprint density at radius 3 is 2.19 bits per heavy atom. The number of nitrogens with one attached hydrogen (secondary N) is 1. The molecule has 0 spiro atoms. The topological polar surface area (TPSA) is 47.6 Å². The van der Waals surface area contributed by atoms with E-state index in [9.17, 15) is 4.79 Å². The highest BCUT2D eigenvalue weighted by Crippen LogP contribution is 2.18. The number of hydrogen-bond donors (Lipinski definition) is 1. The fraction of sp³-hybridized carbons (Fsp3) is 0.318. The van der Waals surface area contributed by atoms with Crippen molar-refractivity contribution in [3.63, 3.8) is 0 Å². The summed E-state index contributed by atoms with van der Waals surface area (Å²) in [4.78, 5) is 12.6. The molecule has 0 radical (unpaired) electrons. The molecule has 2 aromatic rings. The van der Waals surface area contributed by atoms with Crippen molar-refractivity contribution in [2.45, 2.75) is 39.3 Å². The average molecular weight is 353 g/mol. The van der Waals surface area contributed by atoms with Gasteiger partial charge < -0.3 is 14.8 Å². The summed E-state index contributed by atoms with van der Waals surface area (Å²) in [6.45, 7) is 7.62. The van der Waals surface area contributed by atoms with Gasteiger partial charge in [-0.25, -0.2) is 4.79 Å². The molecular formula is C22H27NO3. The van der Waals surface area contributed by atoms with E-state index in [1.807, 2.05) is 88.4 Å². The van der Waals surface area contributed by atoms with Crippen LogP contribution >= 0.6 is 0 Å². The highest BCUT2D eigenvalue weighted by atomic mass is 16.6. The lowest BCUT2D eigenvalue weighted by Gasteiger charge is -2.23. The molecule has 2 aromatic carbocycles. The Hall–Kier alpha value is -2.75. The van der Waals surface area contributed by atoms with E-state index in [4.69, 9.17) is 9.47 Å². The van der Waals surface area contributed by atoms with Crippen molar-refractivity contribution >= 4 is 17.7 Å². The standard InChI is InChI=1S/C22H27NO3/c1-16-6-8-17(9-7-16)10-15-20(21(24)26-22(2,3)4)23-18-11-13-19(25-5)14-12-18/h6-15,20,23H,1-5H3/b15-10+. The fourth-order valence-corrected chi connectivity index (χ4v) is 2.30. The Morgan fingerprint density at radius 2 is 1.65 bits per heavy atom. The number of aryl methyl sites for hydroxylation is 1. The van der Waals surface area contributed by atoms with Crippen molar-refractivity contribution in [1.82, 2.24) is 0 Å². The molecule has 0 aliphatic carbocycles. The Bertz CT molecular complexity index is 740. The normalized spacial score (nSPS) is 12.7. The fourth-order valence-electron chi connectivity index (χ4n) is 2.30. The van der Waals surface area contributed by atoms with Crippen LogP contribution in [0.15, 0.2) is 54.6 Å². The number of ether oxygens (including phenoxy) is 2. The molecule has 0 saturated heterocycles. The Labute approximate surface area is 155 Å². The highest BCUT2D eigenvalue weighted by molar-refractivity contribution is 5.83. The molecule has 4 heteroatoms. The zero-order valence-corrected chi connectivity index (χ0v) is 16.1. The average Bonchev–Trinajstić information content (AvgIpc) is 2.59. The first-order chi connectivity index (χ1) is 12.3. The summed E-state index contributed by atoms with van der Waals surface area (Å²) in [5.41, 5.74) is 2.49. The minimum atomic E-state index is -0.594. The second-order valence-corrected chi connectivity index (χ2v) is 7.15. The van der Waals surface area contributed by atoms with Gasteiger partial charge in [0.05, 0.1) is 7.11 Å². The van der Waals surface area contributed by atoms with Crippen molar-refractivity contribution in [3.8, 4) is 5.75 Å². The Kier molecular flexibility index (Phi) is 6.45. The molecule has 2 rings (SSSR count). The van der Waals surface area contributed by atoms with Gasteiger partial charge in [0.15, 0.2) is 0 Å². The first-order valence-electron chi connectivity index (χ1n) is 8.65. The van der Waals surface area contributed by atoms with E-state index in [-0.39, 0.29) is 5.97 Å². The van der Waals surface area contributed by atoms with Gasteiger partial charge in [-0.05, 0) is 57.5 Å². The third-order valence-electron chi connectivity index (χ3n) is 3.63. The van der Waals surface area contributed by atoms with Crippen LogP contribution in [0, 0.1) is 6.92 Å². The maximum absolute atomic E-state index is 12.6. The molecule has 1 N–H and O–H groups in total. The van der Waals surface area contributed by atoms with E-state index in [0.29, 0.717) is 0 Å². The lowest BCUT2D eigenvalue weighted by atomic mass is 10.1. The van der Waals surface area contributed by atoms with E-state index in [2.05, 4.69) is 5.32 Å². The van der Waals surface area contributed by atoms with Gasteiger partial charge in [0.1, 0.15) is 17.4 Å². The molecule has 26 heavy (non-hydrogen) atoms. The van der Waals surface area contributed by atoms with E-state index in [1.165, 1.54) is 5.56 Å². The number of benzene rings is 2. The van der Waals surface area contributed by atoms with Crippen molar-refractivity contribution in [2.24, 2.45) is 0 Å². The molecule has 0 fully saturated rings. The summed E-state index contributed by atoms with van der Waals surface area (Å²) < 4.78 is 10.7. The number of carbonyl (C=O) groups excluding carboxylic acids is 1. The molecule has 0 amide bonds. The molecular weight excluding hydrogens is 326 g/mol. The van der Waals surface area contributed by atoms with E-state index in [0.717, 1.165) is 17.0 Å². The van der Waals surface area contributed by atoms with E-state index >= 15 is 0 Å². The number of carbonyl (C=O) groups is 1. The van der Waals surface area contributed by atoms with Gasteiger partial charge in [-0.1, -0.05) is 42.0 Å². The summed E-state index contributed by atoms with van der Waals surface area (Å²) in [6, 6.07) is 15.0. The van der Waals surface area contributed by atoms with Crippen LogP contribution in [0.5, 0.6) is 5.75 Å². The zero-order chi connectivity index (χ0) is 19.2. The van der Waals surface area contributed by atoms with Crippen LogP contribution in [-0.4, -0.2) is 24.7 Å². The van der Waals surface area contributed by atoms with Crippen molar-refractivity contribution in [1.29, 1.82) is 0 Å². The highest BCUT2D eigenvalue weighted by Gasteiger charge is 2.23. The summed E-state index contributed by atoms with van der Waals surface area (Å²) in [7, 11) is 1.62. The Balaban J connectivity index is 2.19. The van der Waals surface area contributed by atoms with E-state index in [1.54, 1.807) is 7.11 Å². The summed E-state index contributed by atoms with van der Waals surface area (Å²) >= 11 is 0. The molecule has 1 unspecified atom stereocenters. The molecule has 0 heterocycles. The van der Waals surface area contributed by atoms with Gasteiger partial charge in [0, 0.05) is 5.69 Å². The third kappa shape index (κ3) is 6.28. The van der Waals surface area contributed by atoms with Crippen LogP contribution in [0.25, 0.3) is 6.08 Å². The maximum Gasteiger partial charge on any atom is 0.333 e. The number of anilines is 1. The predicted molar refractivity (Wildman–Crippen MR) is 106 cm³/mol. The monoisotopic (exact) mass is 353 g/mol. The SMILES string of the molecule is COc1ccc(NC(/C=C/c2ccc(C)cc2)C(=O)OC(C)(C)C)cc1. The minimum Gasteiger partial charge on any atom is -0.497 e. The molecule has 0 aliphatic heterocycles. The molecule has 0 aliphatic rings. The summed E-state index contributed by atoms with van der Waals surface area (Å²) in [5.74, 6) is 0.441. The van der Waals surface area contributed by atoms with Crippen molar-refractivity contribution in [2.75, 3.05) is 12.4 Å². The second kappa shape index (κ2) is 8.56. The lowest BCUT2D eigenvalue weighted by molar-refractivity contribution is -0.154. The van der Waals surface area contributed by atoms with Crippen LogP contribution < -0.4 is 10.1 Å². The zero-order valence-electron chi connectivity index (χ0n) is 16.1. The Morgan fingerprint density at radius 1 is 1.04 bits per heavy atom. The van der Waals surface area contributed by atoms with Gasteiger partial charge in [-0.2, -0.15) is 0 Å². The van der Waals surface area contributed by atoms with Gasteiger partial charge in [-0.3, -0.25) is 0 Å². The first-order valence-corrected chi connectivity index (χ1v) is 8.65. The molecule has 138 valence electrons. The quantitative estimate of drug-likeness (QED) is 0.755. The number of esters is 1. The van der Waals surface area contributed by atoms with Crippen LogP contribution in [0.3, 0.4) is 0 Å².